The summed E-state index contributed by atoms with van der Waals surface area (Å²) in [6, 6.07) is 17.7. The zero-order valence-electron chi connectivity index (χ0n) is 21.0. The van der Waals surface area contributed by atoms with E-state index in [-0.39, 0.29) is 23.8 Å². The average Bonchev–Trinajstić information content (AvgIpc) is 2.79. The van der Waals surface area contributed by atoms with E-state index in [9.17, 15) is 9.59 Å². The number of nitrogens with one attached hydrogen (secondary N) is 1. The molecule has 0 saturated carbocycles. The minimum Gasteiger partial charge on any atom is -0.368 e. The van der Waals surface area contributed by atoms with E-state index >= 15 is 0 Å². The van der Waals surface area contributed by atoms with Gasteiger partial charge in [-0.25, -0.2) is 0 Å². The van der Waals surface area contributed by atoms with E-state index in [0.29, 0.717) is 18.9 Å². The number of anilines is 2. The van der Waals surface area contributed by atoms with E-state index in [4.69, 9.17) is 4.74 Å². The fraction of sp³-hybridized carbons (Fsp3) is 0.500. The van der Waals surface area contributed by atoms with Crippen LogP contribution in [0.2, 0.25) is 0 Å². The predicted molar refractivity (Wildman–Crippen MR) is 138 cm³/mol. The SMILES string of the molecule is CC(CC(=O)N1CCN(c2ccc(NC(=O)COCc3ccccc3)cc2)CC1)CC(C)(C)C. The molecule has 1 unspecified atom stereocenters. The topological polar surface area (TPSA) is 61.9 Å². The Kier molecular flexibility index (Phi) is 9.11. The summed E-state index contributed by atoms with van der Waals surface area (Å²) >= 11 is 0. The number of benzene rings is 2. The zero-order valence-corrected chi connectivity index (χ0v) is 21.0. The van der Waals surface area contributed by atoms with Crippen molar-refractivity contribution < 1.29 is 14.3 Å². The predicted octanol–water partition coefficient (Wildman–Crippen LogP) is 4.95. The fourth-order valence-electron chi connectivity index (χ4n) is 4.55. The third-order valence-electron chi connectivity index (χ3n) is 5.98. The van der Waals surface area contributed by atoms with Gasteiger partial charge in [0.2, 0.25) is 11.8 Å². The highest BCUT2D eigenvalue weighted by atomic mass is 16.5. The molecule has 1 heterocycles. The molecule has 6 heteroatoms. The molecular weight excluding hydrogens is 426 g/mol. The number of hydrogen-bond acceptors (Lipinski definition) is 4. The first-order valence-electron chi connectivity index (χ1n) is 12.2. The number of ether oxygens (including phenoxy) is 1. The monoisotopic (exact) mass is 465 g/mol. The van der Waals surface area contributed by atoms with E-state index < -0.39 is 0 Å². The lowest BCUT2D eigenvalue weighted by Gasteiger charge is -2.37. The Bertz CT molecular complexity index is 914. The van der Waals surface area contributed by atoms with Crippen molar-refractivity contribution in [3.8, 4) is 0 Å². The first-order chi connectivity index (χ1) is 16.2. The summed E-state index contributed by atoms with van der Waals surface area (Å²) in [5, 5.41) is 2.88. The van der Waals surface area contributed by atoms with Crippen molar-refractivity contribution in [1.29, 1.82) is 0 Å². The molecule has 1 fully saturated rings. The molecular formula is C28H39N3O3. The van der Waals surface area contributed by atoms with Crippen LogP contribution in [0.3, 0.4) is 0 Å². The third kappa shape index (κ3) is 8.49. The zero-order chi connectivity index (χ0) is 24.6. The van der Waals surface area contributed by atoms with Crippen LogP contribution in [0.4, 0.5) is 11.4 Å². The summed E-state index contributed by atoms with van der Waals surface area (Å²) in [6.07, 6.45) is 1.68. The number of carbonyl (C=O) groups excluding carboxylic acids is 2. The number of carbonyl (C=O) groups is 2. The molecule has 34 heavy (non-hydrogen) atoms. The summed E-state index contributed by atoms with van der Waals surface area (Å²) < 4.78 is 5.50. The van der Waals surface area contributed by atoms with E-state index in [0.717, 1.165) is 49.5 Å². The molecule has 0 aromatic heterocycles. The van der Waals surface area contributed by atoms with Crippen molar-refractivity contribution in [3.63, 3.8) is 0 Å². The second kappa shape index (κ2) is 12.0. The molecule has 6 nitrogen and oxygen atoms in total. The maximum absolute atomic E-state index is 12.7. The van der Waals surface area contributed by atoms with Crippen LogP contribution in [0.1, 0.15) is 46.1 Å². The highest BCUT2D eigenvalue weighted by molar-refractivity contribution is 5.91. The van der Waals surface area contributed by atoms with Crippen molar-refractivity contribution in [3.05, 3.63) is 60.2 Å². The van der Waals surface area contributed by atoms with Crippen LogP contribution in [-0.4, -0.2) is 49.5 Å². The van der Waals surface area contributed by atoms with Gasteiger partial charge in [0.15, 0.2) is 0 Å². The largest absolute Gasteiger partial charge is 0.368 e. The van der Waals surface area contributed by atoms with Gasteiger partial charge in [-0.3, -0.25) is 9.59 Å². The first-order valence-corrected chi connectivity index (χ1v) is 12.2. The molecule has 1 saturated heterocycles. The van der Waals surface area contributed by atoms with Crippen LogP contribution < -0.4 is 10.2 Å². The number of rotatable bonds is 9. The Balaban J connectivity index is 1.39. The van der Waals surface area contributed by atoms with Gasteiger partial charge in [-0.05, 0) is 47.6 Å². The van der Waals surface area contributed by atoms with Crippen molar-refractivity contribution in [1.82, 2.24) is 4.90 Å². The summed E-state index contributed by atoms with van der Waals surface area (Å²) in [6.45, 7) is 12.4. The summed E-state index contributed by atoms with van der Waals surface area (Å²) in [5.74, 6) is 0.498. The molecule has 0 radical (unpaired) electrons. The van der Waals surface area contributed by atoms with Crippen LogP contribution in [-0.2, 0) is 20.9 Å². The van der Waals surface area contributed by atoms with Crippen molar-refractivity contribution in [2.45, 2.75) is 47.1 Å². The molecule has 1 N–H and O–H groups in total. The van der Waals surface area contributed by atoms with E-state index in [1.165, 1.54) is 0 Å². The molecule has 184 valence electrons. The summed E-state index contributed by atoms with van der Waals surface area (Å²) in [4.78, 5) is 29.1. The lowest BCUT2D eigenvalue weighted by Crippen LogP contribution is -2.49. The normalized spacial score (nSPS) is 15.2. The second-order valence-corrected chi connectivity index (χ2v) is 10.5. The molecule has 1 atom stereocenters. The molecule has 0 spiro atoms. The third-order valence-corrected chi connectivity index (χ3v) is 5.98. The molecule has 2 amide bonds. The van der Waals surface area contributed by atoms with Gasteiger partial charge in [-0.2, -0.15) is 0 Å². The quantitative estimate of drug-likeness (QED) is 0.569. The van der Waals surface area contributed by atoms with E-state index in [1.807, 2.05) is 59.5 Å². The van der Waals surface area contributed by atoms with Crippen LogP contribution in [0.5, 0.6) is 0 Å². The fourth-order valence-corrected chi connectivity index (χ4v) is 4.55. The van der Waals surface area contributed by atoms with E-state index in [1.54, 1.807) is 0 Å². The standard InChI is InChI=1S/C28H39N3O3/c1-22(19-28(2,3)4)18-27(33)31-16-14-30(15-17-31)25-12-10-24(11-13-25)29-26(32)21-34-20-23-8-6-5-7-9-23/h5-13,22H,14-21H2,1-4H3,(H,29,32). The maximum atomic E-state index is 12.7. The minimum atomic E-state index is -0.170. The summed E-state index contributed by atoms with van der Waals surface area (Å²) in [7, 11) is 0. The molecule has 3 rings (SSSR count). The number of amides is 2. The van der Waals surface area contributed by atoms with Gasteiger partial charge in [0.25, 0.3) is 0 Å². The molecule has 0 bridgehead atoms. The van der Waals surface area contributed by atoms with Gasteiger partial charge in [0, 0.05) is 44.0 Å². The van der Waals surface area contributed by atoms with Crippen LogP contribution >= 0.6 is 0 Å². The molecule has 2 aromatic carbocycles. The summed E-state index contributed by atoms with van der Waals surface area (Å²) in [5.41, 5.74) is 3.14. The highest BCUT2D eigenvalue weighted by Crippen LogP contribution is 2.27. The van der Waals surface area contributed by atoms with Crippen molar-refractivity contribution >= 4 is 23.2 Å². The molecule has 0 aliphatic carbocycles. The smallest absolute Gasteiger partial charge is 0.250 e. The number of hydrogen-bond donors (Lipinski definition) is 1. The lowest BCUT2D eigenvalue weighted by atomic mass is 9.84. The average molecular weight is 466 g/mol. The number of nitrogens with zero attached hydrogens (tertiary/aromatic N) is 2. The lowest BCUT2D eigenvalue weighted by molar-refractivity contribution is -0.132. The number of piperazine rings is 1. The van der Waals surface area contributed by atoms with Crippen LogP contribution in [0.25, 0.3) is 0 Å². The van der Waals surface area contributed by atoms with E-state index in [2.05, 4.69) is 37.9 Å². The second-order valence-electron chi connectivity index (χ2n) is 10.5. The maximum Gasteiger partial charge on any atom is 0.250 e. The Morgan fingerprint density at radius 1 is 0.971 bits per heavy atom. The van der Waals surface area contributed by atoms with Crippen LogP contribution in [0, 0.1) is 11.3 Å². The van der Waals surface area contributed by atoms with Crippen molar-refractivity contribution in [2.24, 2.45) is 11.3 Å². The van der Waals surface area contributed by atoms with Crippen LogP contribution in [0.15, 0.2) is 54.6 Å². The minimum absolute atomic E-state index is 0.0149. The van der Waals surface area contributed by atoms with Gasteiger partial charge in [-0.15, -0.1) is 0 Å². The highest BCUT2D eigenvalue weighted by Gasteiger charge is 2.24. The molecule has 1 aliphatic rings. The first kappa shape index (κ1) is 25.8. The van der Waals surface area contributed by atoms with Gasteiger partial charge < -0.3 is 19.9 Å². The van der Waals surface area contributed by atoms with Gasteiger partial charge >= 0.3 is 0 Å². The van der Waals surface area contributed by atoms with Gasteiger partial charge in [-0.1, -0.05) is 58.0 Å². The Labute approximate surface area is 204 Å². The Morgan fingerprint density at radius 2 is 1.62 bits per heavy atom. The van der Waals surface area contributed by atoms with Gasteiger partial charge in [0.1, 0.15) is 6.61 Å². The Morgan fingerprint density at radius 3 is 2.24 bits per heavy atom. The molecule has 2 aromatic rings. The molecule has 1 aliphatic heterocycles. The van der Waals surface area contributed by atoms with Crippen molar-refractivity contribution in [2.75, 3.05) is 43.0 Å². The Hall–Kier alpha value is -2.86. The van der Waals surface area contributed by atoms with Gasteiger partial charge in [0.05, 0.1) is 6.61 Å².